The highest BCUT2D eigenvalue weighted by Gasteiger charge is 2.26. The molecule has 1 aliphatic rings. The topological polar surface area (TPSA) is 130 Å². The molecular formula is C24H21N7O3. The lowest BCUT2D eigenvalue weighted by Crippen LogP contribution is -2.41. The van der Waals surface area contributed by atoms with Crippen molar-refractivity contribution in [3.05, 3.63) is 63.7 Å². The monoisotopic (exact) mass is 455 g/mol. The molecule has 0 saturated carbocycles. The fourth-order valence-electron chi connectivity index (χ4n) is 4.82. The van der Waals surface area contributed by atoms with Crippen LogP contribution in [0, 0.1) is 0 Å². The van der Waals surface area contributed by atoms with Gasteiger partial charge in [0.15, 0.2) is 0 Å². The van der Waals surface area contributed by atoms with Gasteiger partial charge in [-0.3, -0.25) is 24.1 Å². The predicted molar refractivity (Wildman–Crippen MR) is 128 cm³/mol. The van der Waals surface area contributed by atoms with Gasteiger partial charge < -0.3 is 9.88 Å². The van der Waals surface area contributed by atoms with E-state index in [9.17, 15) is 14.4 Å². The minimum absolute atomic E-state index is 0.0195. The Bertz CT molecular complexity index is 1710. The van der Waals surface area contributed by atoms with Crippen LogP contribution in [0.1, 0.15) is 25.8 Å². The molecule has 10 heteroatoms. The number of fused-ring (bicyclic) bond motifs is 4. The molecular weight excluding hydrogens is 434 g/mol. The standard InChI is InChI=1S/C24H21N7O3/c1-13(32)30-8-5-16(6-9-30)31-21-17(23(33)29-24(31)34)12-26-19-3-2-18(28-20(19)21)15-10-14-4-7-25-22(14)27-11-15/h2-4,7,10-12,16H,5-6,8-9H2,1H3,(H,25,27)(H,29,33,34). The molecule has 170 valence electrons. The van der Waals surface area contributed by atoms with Crippen molar-refractivity contribution < 1.29 is 4.79 Å². The molecule has 0 spiro atoms. The van der Waals surface area contributed by atoms with E-state index in [1.54, 1.807) is 22.6 Å². The zero-order valence-electron chi connectivity index (χ0n) is 18.4. The van der Waals surface area contributed by atoms with Crippen molar-refractivity contribution in [2.45, 2.75) is 25.8 Å². The van der Waals surface area contributed by atoms with Crippen molar-refractivity contribution in [3.8, 4) is 11.3 Å². The summed E-state index contributed by atoms with van der Waals surface area (Å²) in [5, 5.41) is 1.27. The number of pyridine rings is 3. The molecule has 1 amide bonds. The smallest absolute Gasteiger partial charge is 0.329 e. The maximum Gasteiger partial charge on any atom is 0.329 e. The summed E-state index contributed by atoms with van der Waals surface area (Å²) in [6.45, 7) is 2.65. The van der Waals surface area contributed by atoms with Crippen LogP contribution < -0.4 is 11.2 Å². The minimum atomic E-state index is -0.491. The molecule has 2 N–H and O–H groups in total. The zero-order valence-corrected chi connectivity index (χ0v) is 18.4. The maximum absolute atomic E-state index is 13.0. The van der Waals surface area contributed by atoms with Gasteiger partial charge in [-0.25, -0.2) is 14.8 Å². The highest BCUT2D eigenvalue weighted by Crippen LogP contribution is 2.29. The number of nitrogens with one attached hydrogen (secondary N) is 2. The Balaban J connectivity index is 1.57. The van der Waals surface area contributed by atoms with Gasteiger partial charge >= 0.3 is 5.69 Å². The van der Waals surface area contributed by atoms with Crippen LogP contribution in [0.3, 0.4) is 0 Å². The number of hydrogen-bond donors (Lipinski definition) is 2. The van der Waals surface area contributed by atoms with Gasteiger partial charge in [-0.05, 0) is 37.1 Å². The van der Waals surface area contributed by atoms with Crippen molar-refractivity contribution in [1.29, 1.82) is 0 Å². The predicted octanol–water partition coefficient (Wildman–Crippen LogP) is 2.36. The molecule has 5 aromatic heterocycles. The number of amides is 1. The van der Waals surface area contributed by atoms with Gasteiger partial charge in [0, 0.05) is 55.6 Å². The van der Waals surface area contributed by atoms with Gasteiger partial charge in [-0.2, -0.15) is 0 Å². The summed E-state index contributed by atoms with van der Waals surface area (Å²) in [7, 11) is 0. The van der Waals surface area contributed by atoms with Gasteiger partial charge in [0.1, 0.15) is 11.2 Å². The molecule has 0 bridgehead atoms. The van der Waals surface area contributed by atoms with Crippen molar-refractivity contribution in [1.82, 2.24) is 34.4 Å². The first kappa shape index (κ1) is 20.3. The van der Waals surface area contributed by atoms with Crippen molar-refractivity contribution >= 4 is 38.9 Å². The average molecular weight is 455 g/mol. The molecule has 1 fully saturated rings. The second kappa shape index (κ2) is 7.62. The van der Waals surface area contributed by atoms with Gasteiger partial charge in [0.05, 0.1) is 22.1 Å². The number of rotatable bonds is 2. The summed E-state index contributed by atoms with van der Waals surface area (Å²) in [4.78, 5) is 58.5. The Morgan fingerprint density at radius 1 is 1.09 bits per heavy atom. The second-order valence-corrected chi connectivity index (χ2v) is 8.59. The van der Waals surface area contributed by atoms with Crippen molar-refractivity contribution in [3.63, 3.8) is 0 Å². The van der Waals surface area contributed by atoms with Crippen LogP contribution in [0.15, 0.2) is 52.4 Å². The normalized spacial score (nSPS) is 14.9. The minimum Gasteiger partial charge on any atom is -0.346 e. The second-order valence-electron chi connectivity index (χ2n) is 8.59. The summed E-state index contributed by atoms with van der Waals surface area (Å²) in [5.74, 6) is 0.0195. The van der Waals surface area contributed by atoms with E-state index in [4.69, 9.17) is 4.98 Å². The Labute approximate surface area is 192 Å². The Hall–Kier alpha value is -4.34. The molecule has 0 aromatic carbocycles. The highest BCUT2D eigenvalue weighted by atomic mass is 16.2. The molecule has 1 saturated heterocycles. The molecule has 0 atom stereocenters. The Kier molecular flexibility index (Phi) is 4.54. The van der Waals surface area contributed by atoms with E-state index in [0.717, 1.165) is 16.6 Å². The molecule has 0 unspecified atom stereocenters. The zero-order chi connectivity index (χ0) is 23.4. The van der Waals surface area contributed by atoms with Crippen LogP contribution in [0.4, 0.5) is 0 Å². The Morgan fingerprint density at radius 2 is 1.91 bits per heavy atom. The van der Waals surface area contributed by atoms with Gasteiger partial charge in [0.2, 0.25) is 5.91 Å². The van der Waals surface area contributed by atoms with E-state index in [2.05, 4.69) is 19.9 Å². The summed E-state index contributed by atoms with van der Waals surface area (Å²) in [6, 6.07) is 7.46. The number of nitrogens with zero attached hydrogens (tertiary/aromatic N) is 5. The molecule has 5 aromatic rings. The summed E-state index contributed by atoms with van der Waals surface area (Å²) in [5.41, 5.74) is 2.85. The number of piperidine rings is 1. The van der Waals surface area contributed by atoms with E-state index < -0.39 is 11.2 Å². The molecule has 6 heterocycles. The number of carbonyl (C=O) groups is 1. The van der Waals surface area contributed by atoms with Gasteiger partial charge in [0.25, 0.3) is 5.56 Å². The van der Waals surface area contributed by atoms with E-state index >= 15 is 0 Å². The van der Waals surface area contributed by atoms with Crippen molar-refractivity contribution in [2.24, 2.45) is 0 Å². The molecule has 10 nitrogen and oxygen atoms in total. The third-order valence-corrected chi connectivity index (χ3v) is 6.58. The summed E-state index contributed by atoms with van der Waals surface area (Å²) < 4.78 is 1.63. The molecule has 6 rings (SSSR count). The van der Waals surface area contributed by atoms with Crippen LogP contribution in [-0.4, -0.2) is 53.4 Å². The van der Waals surface area contributed by atoms with E-state index in [-0.39, 0.29) is 11.9 Å². The highest BCUT2D eigenvalue weighted by molar-refractivity contribution is 6.01. The fourth-order valence-corrected chi connectivity index (χ4v) is 4.82. The first-order valence-electron chi connectivity index (χ1n) is 11.1. The van der Waals surface area contributed by atoms with Crippen LogP contribution in [0.5, 0.6) is 0 Å². The number of aromatic amines is 2. The number of likely N-dealkylation sites (tertiary alicyclic amines) is 1. The first-order chi connectivity index (χ1) is 16.5. The van der Waals surface area contributed by atoms with Crippen LogP contribution in [-0.2, 0) is 4.79 Å². The average Bonchev–Trinajstić information content (AvgIpc) is 3.32. The fraction of sp³-hybridized carbons (Fsp3) is 0.250. The van der Waals surface area contributed by atoms with E-state index in [1.165, 1.54) is 6.20 Å². The molecule has 0 radical (unpaired) electrons. The molecule has 34 heavy (non-hydrogen) atoms. The molecule has 0 aliphatic carbocycles. The van der Waals surface area contributed by atoms with Crippen LogP contribution in [0.2, 0.25) is 0 Å². The third kappa shape index (κ3) is 3.18. The Morgan fingerprint density at radius 3 is 2.71 bits per heavy atom. The van der Waals surface area contributed by atoms with Gasteiger partial charge in [-0.15, -0.1) is 0 Å². The van der Waals surface area contributed by atoms with E-state index in [1.807, 2.05) is 30.5 Å². The van der Waals surface area contributed by atoms with E-state index in [0.29, 0.717) is 53.6 Å². The maximum atomic E-state index is 13.0. The van der Waals surface area contributed by atoms with Crippen molar-refractivity contribution in [2.75, 3.05) is 13.1 Å². The number of H-pyrrole nitrogens is 2. The number of carbonyl (C=O) groups excluding carboxylic acids is 1. The molecule has 1 aliphatic heterocycles. The number of hydrogen-bond acceptors (Lipinski definition) is 6. The lowest BCUT2D eigenvalue weighted by Gasteiger charge is -2.32. The lowest BCUT2D eigenvalue weighted by molar-refractivity contribution is -0.130. The van der Waals surface area contributed by atoms with Crippen LogP contribution in [0.25, 0.3) is 44.2 Å². The first-order valence-corrected chi connectivity index (χ1v) is 11.1. The summed E-state index contributed by atoms with van der Waals surface area (Å²) >= 11 is 0. The van der Waals surface area contributed by atoms with Gasteiger partial charge in [-0.1, -0.05) is 0 Å². The van der Waals surface area contributed by atoms with Crippen LogP contribution >= 0.6 is 0 Å². The third-order valence-electron chi connectivity index (χ3n) is 6.58. The SMILES string of the molecule is CC(=O)N1CCC(n2c(=O)[nH]c(=O)c3cnc4ccc(-c5cnc6[nH]ccc6c5)nc4c32)CC1. The quantitative estimate of drug-likeness (QED) is 0.393. The largest absolute Gasteiger partial charge is 0.346 e. The summed E-state index contributed by atoms with van der Waals surface area (Å²) in [6.07, 6.45) is 6.28. The number of aromatic nitrogens is 6. The lowest BCUT2D eigenvalue weighted by atomic mass is 10.0.